The summed E-state index contributed by atoms with van der Waals surface area (Å²) in [5, 5.41) is 0.530. The molecule has 1 aromatic carbocycles. The van der Waals surface area contributed by atoms with E-state index >= 15 is 0 Å². The average molecular weight is 358 g/mol. The van der Waals surface area contributed by atoms with Gasteiger partial charge in [-0.1, -0.05) is 31.0 Å². The molecule has 0 bridgehead atoms. The van der Waals surface area contributed by atoms with Crippen molar-refractivity contribution >= 4 is 23.7 Å². The van der Waals surface area contributed by atoms with E-state index < -0.39 is 23.7 Å². The first-order valence-corrected chi connectivity index (χ1v) is 8.92. The van der Waals surface area contributed by atoms with Gasteiger partial charge in [0.15, 0.2) is 0 Å². The maximum atomic E-state index is 12.5. The molecule has 2 atom stereocenters. The smallest absolute Gasteiger partial charge is 0.338 e. The van der Waals surface area contributed by atoms with Crippen molar-refractivity contribution in [3.05, 3.63) is 35.4 Å². The summed E-state index contributed by atoms with van der Waals surface area (Å²) in [6.45, 7) is 4.68. The quantitative estimate of drug-likeness (QED) is 0.769. The van der Waals surface area contributed by atoms with Gasteiger partial charge in [-0.25, -0.2) is 4.79 Å². The van der Waals surface area contributed by atoms with Gasteiger partial charge in [0.1, 0.15) is 0 Å². The molecule has 138 valence electrons. The lowest BCUT2D eigenvalue weighted by atomic mass is 9.96. The second-order valence-corrected chi connectivity index (χ2v) is 6.79. The van der Waals surface area contributed by atoms with Crippen LogP contribution in [0.5, 0.6) is 0 Å². The summed E-state index contributed by atoms with van der Waals surface area (Å²) in [5.41, 5.74) is 0.449. The van der Waals surface area contributed by atoms with E-state index in [1.165, 1.54) is 12.1 Å². The number of hydrogen-bond donors (Lipinski definition) is 0. The van der Waals surface area contributed by atoms with E-state index in [1.807, 2.05) is 13.8 Å². The van der Waals surface area contributed by atoms with Crippen LogP contribution in [-0.2, 0) is 14.4 Å². The van der Waals surface area contributed by atoms with Gasteiger partial charge in [-0.15, -0.1) is 0 Å². The molecule has 2 unspecified atom stereocenters. The third kappa shape index (κ3) is 3.21. The lowest BCUT2D eigenvalue weighted by Gasteiger charge is -2.33. The molecule has 2 heterocycles. The molecule has 0 aromatic heterocycles. The Bertz CT molecular complexity index is 725. The fourth-order valence-electron chi connectivity index (χ4n) is 3.27. The molecular formula is C19H22N2O5. The van der Waals surface area contributed by atoms with Gasteiger partial charge in [0, 0.05) is 19.0 Å². The third-order valence-electron chi connectivity index (χ3n) is 5.04. The van der Waals surface area contributed by atoms with Gasteiger partial charge in [0.05, 0.1) is 17.0 Å². The predicted molar refractivity (Wildman–Crippen MR) is 91.8 cm³/mol. The highest BCUT2D eigenvalue weighted by atomic mass is 16.7. The van der Waals surface area contributed by atoms with Crippen LogP contribution >= 0.6 is 0 Å². The van der Waals surface area contributed by atoms with Crippen molar-refractivity contribution in [3.8, 4) is 0 Å². The van der Waals surface area contributed by atoms with Gasteiger partial charge in [0.2, 0.25) is 5.91 Å². The van der Waals surface area contributed by atoms with Crippen molar-refractivity contribution in [1.82, 2.24) is 9.96 Å². The molecule has 2 aliphatic rings. The third-order valence-corrected chi connectivity index (χ3v) is 5.04. The highest BCUT2D eigenvalue weighted by Crippen LogP contribution is 2.25. The molecule has 0 aliphatic carbocycles. The minimum absolute atomic E-state index is 0.0192. The van der Waals surface area contributed by atoms with E-state index in [2.05, 4.69) is 0 Å². The number of carbonyl (C=O) groups is 4. The van der Waals surface area contributed by atoms with E-state index in [0.29, 0.717) is 24.4 Å². The maximum absolute atomic E-state index is 12.5. The number of fused-ring (bicyclic) bond motifs is 1. The molecule has 0 radical (unpaired) electrons. The minimum Gasteiger partial charge on any atom is -0.342 e. The molecule has 3 rings (SSSR count). The van der Waals surface area contributed by atoms with Gasteiger partial charge < -0.3 is 9.74 Å². The molecule has 3 amide bonds. The number of amides is 3. The van der Waals surface area contributed by atoms with E-state index in [9.17, 15) is 19.2 Å². The second kappa shape index (κ2) is 7.27. The van der Waals surface area contributed by atoms with Crippen molar-refractivity contribution in [2.75, 3.05) is 13.1 Å². The Morgan fingerprint density at radius 3 is 2.38 bits per heavy atom. The Morgan fingerprint density at radius 1 is 1.19 bits per heavy atom. The Kier molecular flexibility index (Phi) is 5.06. The summed E-state index contributed by atoms with van der Waals surface area (Å²) < 4.78 is 0. The van der Waals surface area contributed by atoms with Crippen LogP contribution in [0.4, 0.5) is 0 Å². The van der Waals surface area contributed by atoms with Crippen molar-refractivity contribution < 1.29 is 24.0 Å². The zero-order valence-electron chi connectivity index (χ0n) is 14.9. The topological polar surface area (TPSA) is 84.0 Å². The molecule has 1 saturated heterocycles. The van der Waals surface area contributed by atoms with E-state index in [-0.39, 0.29) is 29.5 Å². The van der Waals surface area contributed by atoms with Crippen molar-refractivity contribution in [3.63, 3.8) is 0 Å². The normalized spacial score (nSPS) is 20.8. The second-order valence-electron chi connectivity index (χ2n) is 6.79. The molecule has 26 heavy (non-hydrogen) atoms. The number of hydrogen-bond acceptors (Lipinski definition) is 5. The number of carbonyl (C=O) groups excluding carboxylic acids is 4. The standard InChI is InChI=1S/C19H22N2O5/c1-3-12(2)16(22)20-10-6-7-13(11-20)19(25)26-21-17(23)14-8-4-5-9-15(14)18(21)24/h4-5,8-9,12-13H,3,6-7,10-11H2,1-2H3. The Balaban J connectivity index is 1.66. The summed E-state index contributed by atoms with van der Waals surface area (Å²) in [4.78, 5) is 56.2. The number of imide groups is 1. The van der Waals surface area contributed by atoms with Crippen LogP contribution in [-0.4, -0.2) is 46.7 Å². The Hall–Kier alpha value is -2.70. The first-order chi connectivity index (χ1) is 12.4. The van der Waals surface area contributed by atoms with Crippen LogP contribution in [0.15, 0.2) is 24.3 Å². The van der Waals surface area contributed by atoms with E-state index in [0.717, 1.165) is 6.42 Å². The zero-order valence-corrected chi connectivity index (χ0v) is 14.9. The molecule has 1 fully saturated rings. The molecule has 7 heteroatoms. The summed E-state index contributed by atoms with van der Waals surface area (Å²) in [7, 11) is 0. The van der Waals surface area contributed by atoms with Crippen LogP contribution in [0.1, 0.15) is 53.8 Å². The van der Waals surface area contributed by atoms with Crippen LogP contribution in [0.2, 0.25) is 0 Å². The van der Waals surface area contributed by atoms with E-state index in [1.54, 1.807) is 17.0 Å². The molecule has 7 nitrogen and oxygen atoms in total. The van der Waals surface area contributed by atoms with Gasteiger partial charge in [-0.3, -0.25) is 14.4 Å². The first-order valence-electron chi connectivity index (χ1n) is 8.92. The Labute approximate surface area is 151 Å². The highest BCUT2D eigenvalue weighted by molar-refractivity contribution is 6.20. The van der Waals surface area contributed by atoms with Crippen molar-refractivity contribution in [2.45, 2.75) is 33.1 Å². The van der Waals surface area contributed by atoms with Gasteiger partial charge >= 0.3 is 5.97 Å². The van der Waals surface area contributed by atoms with Crippen molar-refractivity contribution in [2.24, 2.45) is 11.8 Å². The largest absolute Gasteiger partial charge is 0.342 e. The monoisotopic (exact) mass is 358 g/mol. The van der Waals surface area contributed by atoms with Crippen LogP contribution < -0.4 is 0 Å². The highest BCUT2D eigenvalue weighted by Gasteiger charge is 2.40. The fraction of sp³-hybridized carbons (Fsp3) is 0.474. The van der Waals surface area contributed by atoms with Crippen LogP contribution in [0.25, 0.3) is 0 Å². The maximum Gasteiger partial charge on any atom is 0.338 e. The molecule has 0 spiro atoms. The average Bonchev–Trinajstić information content (AvgIpc) is 2.92. The lowest BCUT2D eigenvalue weighted by molar-refractivity contribution is -0.176. The summed E-state index contributed by atoms with van der Waals surface area (Å²) >= 11 is 0. The van der Waals surface area contributed by atoms with Gasteiger partial charge in [0.25, 0.3) is 11.8 Å². The number of hydroxylamine groups is 2. The summed E-state index contributed by atoms with van der Waals surface area (Å²) in [6, 6.07) is 6.34. The number of likely N-dealkylation sites (tertiary alicyclic amines) is 1. The number of piperidine rings is 1. The number of rotatable bonds is 4. The number of nitrogens with zero attached hydrogens (tertiary/aromatic N) is 2. The lowest BCUT2D eigenvalue weighted by Crippen LogP contribution is -2.46. The fourth-order valence-corrected chi connectivity index (χ4v) is 3.27. The van der Waals surface area contributed by atoms with Crippen molar-refractivity contribution in [1.29, 1.82) is 0 Å². The predicted octanol–water partition coefficient (Wildman–Crippen LogP) is 2.03. The molecule has 0 N–H and O–H groups in total. The minimum atomic E-state index is -0.652. The molecule has 0 saturated carbocycles. The SMILES string of the molecule is CCC(C)C(=O)N1CCCC(C(=O)ON2C(=O)c3ccccc3C2=O)C1. The van der Waals surface area contributed by atoms with Crippen LogP contribution in [0, 0.1) is 11.8 Å². The van der Waals surface area contributed by atoms with Gasteiger partial charge in [-0.05, 0) is 31.4 Å². The van der Waals surface area contributed by atoms with Crippen LogP contribution in [0.3, 0.4) is 0 Å². The summed E-state index contributed by atoms with van der Waals surface area (Å²) in [6.07, 6.45) is 1.98. The number of benzene rings is 1. The zero-order chi connectivity index (χ0) is 18.8. The van der Waals surface area contributed by atoms with Gasteiger partial charge in [-0.2, -0.15) is 0 Å². The molecule has 1 aromatic rings. The van der Waals surface area contributed by atoms with E-state index in [4.69, 9.17) is 4.84 Å². The molecule has 2 aliphatic heterocycles. The Morgan fingerprint density at radius 2 is 1.81 bits per heavy atom. The summed E-state index contributed by atoms with van der Waals surface area (Å²) in [5.74, 6) is -2.54. The molecular weight excluding hydrogens is 336 g/mol. The first kappa shape index (κ1) is 18.1.